The number of halogens is 2. The number of ether oxygens (including phenoxy) is 1. The van der Waals surface area contributed by atoms with E-state index in [2.05, 4.69) is 28.0 Å². The molecule has 1 heterocycles. The van der Waals surface area contributed by atoms with Crippen LogP contribution in [-0.2, 0) is 26.1 Å². The molecule has 0 aliphatic carbocycles. The molecule has 1 aromatic carbocycles. The zero-order chi connectivity index (χ0) is 15.4. The minimum Gasteiger partial charge on any atom is -0.487 e. The molecule has 4 nitrogen and oxygen atoms in total. The molecule has 0 aliphatic heterocycles. The van der Waals surface area contributed by atoms with E-state index in [1.54, 1.807) is 6.07 Å². The van der Waals surface area contributed by atoms with Crippen molar-refractivity contribution in [3.05, 3.63) is 45.4 Å². The minimum atomic E-state index is -0.309. The number of hydrogen-bond acceptors (Lipinski definition) is 3. The molecule has 0 atom stereocenters. The van der Waals surface area contributed by atoms with E-state index in [1.165, 1.54) is 12.1 Å². The van der Waals surface area contributed by atoms with Crippen molar-refractivity contribution in [3.8, 4) is 5.75 Å². The van der Waals surface area contributed by atoms with E-state index in [0.717, 1.165) is 28.8 Å². The van der Waals surface area contributed by atoms with Crippen LogP contribution in [-0.4, -0.2) is 9.78 Å². The van der Waals surface area contributed by atoms with Crippen molar-refractivity contribution in [3.63, 3.8) is 0 Å². The Morgan fingerprint density at radius 3 is 2.76 bits per heavy atom. The molecule has 114 valence electrons. The molecule has 0 radical (unpaired) electrons. The van der Waals surface area contributed by atoms with Crippen LogP contribution in [0.4, 0.5) is 4.39 Å². The van der Waals surface area contributed by atoms with Crippen LogP contribution < -0.4 is 10.5 Å². The number of aromatic nitrogens is 2. The van der Waals surface area contributed by atoms with Gasteiger partial charge < -0.3 is 10.5 Å². The Bertz CT molecular complexity index is 628. The van der Waals surface area contributed by atoms with Crippen molar-refractivity contribution >= 4 is 15.9 Å². The van der Waals surface area contributed by atoms with E-state index in [-0.39, 0.29) is 12.4 Å². The van der Waals surface area contributed by atoms with Gasteiger partial charge in [-0.1, -0.05) is 6.92 Å². The van der Waals surface area contributed by atoms with Gasteiger partial charge in [-0.05, 0) is 47.5 Å². The van der Waals surface area contributed by atoms with Crippen LogP contribution in [0.2, 0.25) is 0 Å². The molecule has 0 saturated heterocycles. The van der Waals surface area contributed by atoms with E-state index < -0.39 is 0 Å². The third-order valence-corrected chi connectivity index (χ3v) is 4.22. The average molecular weight is 356 g/mol. The largest absolute Gasteiger partial charge is 0.487 e. The number of hydrogen-bond donors (Lipinski definition) is 1. The molecule has 21 heavy (non-hydrogen) atoms. The predicted molar refractivity (Wildman–Crippen MR) is 83.6 cm³/mol. The van der Waals surface area contributed by atoms with Crippen molar-refractivity contribution in [1.82, 2.24) is 9.78 Å². The molecule has 0 saturated carbocycles. The fraction of sp³-hybridized carbons (Fsp3) is 0.400. The van der Waals surface area contributed by atoms with Crippen LogP contribution in [0, 0.1) is 5.82 Å². The quantitative estimate of drug-likeness (QED) is 0.863. The van der Waals surface area contributed by atoms with Gasteiger partial charge in [-0.3, -0.25) is 4.68 Å². The van der Waals surface area contributed by atoms with Gasteiger partial charge in [0.15, 0.2) is 0 Å². The lowest BCUT2D eigenvalue weighted by atomic mass is 10.2. The molecule has 2 rings (SSSR count). The standard InChI is InChI=1S/C15H19BrFN3O/c1-3-12-15(16)13(20(4-2)19-12)9-21-14-6-5-11(17)7-10(14)8-18/h5-7H,3-4,8-9,18H2,1-2H3. The Kier molecular flexibility index (Phi) is 5.36. The first-order valence-corrected chi connectivity index (χ1v) is 7.75. The maximum Gasteiger partial charge on any atom is 0.131 e. The highest BCUT2D eigenvalue weighted by molar-refractivity contribution is 9.10. The molecule has 2 aromatic rings. The first-order chi connectivity index (χ1) is 10.1. The summed E-state index contributed by atoms with van der Waals surface area (Å²) in [4.78, 5) is 0. The molecule has 0 bridgehead atoms. The first kappa shape index (κ1) is 16.0. The van der Waals surface area contributed by atoms with Crippen LogP contribution in [0.1, 0.15) is 30.8 Å². The lowest BCUT2D eigenvalue weighted by Crippen LogP contribution is -2.08. The Morgan fingerprint density at radius 2 is 2.14 bits per heavy atom. The molecular weight excluding hydrogens is 337 g/mol. The smallest absolute Gasteiger partial charge is 0.131 e. The highest BCUT2D eigenvalue weighted by Gasteiger charge is 2.15. The van der Waals surface area contributed by atoms with Gasteiger partial charge in [-0.15, -0.1) is 0 Å². The summed E-state index contributed by atoms with van der Waals surface area (Å²) < 4.78 is 21.9. The van der Waals surface area contributed by atoms with Gasteiger partial charge in [0.2, 0.25) is 0 Å². The summed E-state index contributed by atoms with van der Waals surface area (Å²) in [5.74, 6) is 0.295. The molecule has 0 amide bonds. The molecule has 6 heteroatoms. The Labute approximate surface area is 132 Å². The second-order valence-corrected chi connectivity index (χ2v) is 5.41. The molecular formula is C15H19BrFN3O. The zero-order valence-corrected chi connectivity index (χ0v) is 13.8. The van der Waals surface area contributed by atoms with E-state index >= 15 is 0 Å². The van der Waals surface area contributed by atoms with Gasteiger partial charge in [0.05, 0.1) is 15.9 Å². The van der Waals surface area contributed by atoms with Crippen LogP contribution in [0.25, 0.3) is 0 Å². The Hall–Kier alpha value is -1.40. The Balaban J connectivity index is 2.22. The minimum absolute atomic E-state index is 0.238. The van der Waals surface area contributed by atoms with Gasteiger partial charge in [0.25, 0.3) is 0 Å². The van der Waals surface area contributed by atoms with Crippen molar-refractivity contribution in [2.75, 3.05) is 0 Å². The number of aryl methyl sites for hydroxylation is 2. The van der Waals surface area contributed by atoms with Crippen LogP contribution in [0.15, 0.2) is 22.7 Å². The molecule has 0 spiro atoms. The third-order valence-electron chi connectivity index (χ3n) is 3.30. The second-order valence-electron chi connectivity index (χ2n) is 4.62. The monoisotopic (exact) mass is 355 g/mol. The van der Waals surface area contributed by atoms with Crippen molar-refractivity contribution in [2.45, 2.75) is 40.0 Å². The molecule has 0 fully saturated rings. The maximum atomic E-state index is 13.2. The van der Waals surface area contributed by atoms with E-state index in [4.69, 9.17) is 10.5 Å². The highest BCUT2D eigenvalue weighted by Crippen LogP contribution is 2.25. The summed E-state index contributed by atoms with van der Waals surface area (Å²) >= 11 is 3.58. The first-order valence-electron chi connectivity index (χ1n) is 6.96. The molecule has 0 aliphatic rings. The van der Waals surface area contributed by atoms with Crippen LogP contribution >= 0.6 is 15.9 Å². The lowest BCUT2D eigenvalue weighted by Gasteiger charge is -2.11. The normalized spacial score (nSPS) is 10.9. The van der Waals surface area contributed by atoms with Crippen molar-refractivity contribution < 1.29 is 9.13 Å². The van der Waals surface area contributed by atoms with E-state index in [9.17, 15) is 4.39 Å². The fourth-order valence-corrected chi connectivity index (χ4v) is 2.83. The van der Waals surface area contributed by atoms with Crippen LogP contribution in [0.3, 0.4) is 0 Å². The topological polar surface area (TPSA) is 53.1 Å². The van der Waals surface area contributed by atoms with Gasteiger partial charge >= 0.3 is 0 Å². The Morgan fingerprint density at radius 1 is 1.38 bits per heavy atom. The number of nitrogens with two attached hydrogens (primary N) is 1. The van der Waals surface area contributed by atoms with Crippen molar-refractivity contribution in [1.29, 1.82) is 0 Å². The van der Waals surface area contributed by atoms with Crippen LogP contribution in [0.5, 0.6) is 5.75 Å². The van der Waals surface area contributed by atoms with Gasteiger partial charge in [0.1, 0.15) is 18.2 Å². The number of benzene rings is 1. The van der Waals surface area contributed by atoms with Gasteiger partial charge in [-0.2, -0.15) is 5.10 Å². The number of rotatable bonds is 6. The molecule has 0 unspecified atom stereocenters. The zero-order valence-electron chi connectivity index (χ0n) is 12.2. The highest BCUT2D eigenvalue weighted by atomic mass is 79.9. The predicted octanol–water partition coefficient (Wildman–Crippen LogP) is 3.40. The summed E-state index contributed by atoms with van der Waals surface area (Å²) in [5, 5.41) is 4.52. The van der Waals surface area contributed by atoms with E-state index in [1.807, 2.05) is 11.6 Å². The summed E-state index contributed by atoms with van der Waals surface area (Å²) in [5.41, 5.74) is 8.27. The van der Waals surface area contributed by atoms with E-state index in [0.29, 0.717) is 17.9 Å². The lowest BCUT2D eigenvalue weighted by molar-refractivity contribution is 0.288. The fourth-order valence-electron chi connectivity index (χ4n) is 2.15. The summed E-state index contributed by atoms with van der Waals surface area (Å²) in [6.45, 7) is 5.46. The summed E-state index contributed by atoms with van der Waals surface area (Å²) in [6, 6.07) is 4.38. The molecule has 2 N–H and O–H groups in total. The number of nitrogens with zero attached hydrogens (tertiary/aromatic N) is 2. The maximum absolute atomic E-state index is 13.2. The second kappa shape index (κ2) is 7.04. The summed E-state index contributed by atoms with van der Waals surface area (Å²) in [7, 11) is 0. The molecule has 1 aromatic heterocycles. The average Bonchev–Trinajstić information content (AvgIpc) is 2.81. The van der Waals surface area contributed by atoms with Gasteiger partial charge in [-0.25, -0.2) is 4.39 Å². The summed E-state index contributed by atoms with van der Waals surface area (Å²) in [6.07, 6.45) is 0.852. The van der Waals surface area contributed by atoms with Crippen molar-refractivity contribution in [2.24, 2.45) is 5.73 Å². The SMILES string of the molecule is CCc1nn(CC)c(COc2ccc(F)cc2CN)c1Br. The van der Waals surface area contributed by atoms with Gasteiger partial charge in [0, 0.05) is 18.7 Å². The third kappa shape index (κ3) is 3.44.